The van der Waals surface area contributed by atoms with Crippen LogP contribution in [0.4, 0.5) is 0 Å². The van der Waals surface area contributed by atoms with Crippen molar-refractivity contribution in [3.63, 3.8) is 0 Å². The molecule has 1 aromatic heterocycles. The predicted octanol–water partition coefficient (Wildman–Crippen LogP) is 2.03. The first-order chi connectivity index (χ1) is 9.61. The first-order valence-electron chi connectivity index (χ1n) is 6.91. The van der Waals surface area contributed by atoms with Crippen LogP contribution in [0, 0.1) is 16.7 Å². The molecule has 0 saturated carbocycles. The number of rotatable bonds is 5. The molecule has 1 aromatic rings. The predicted molar refractivity (Wildman–Crippen MR) is 73.8 cm³/mol. The van der Waals surface area contributed by atoms with E-state index in [9.17, 15) is 9.90 Å². The van der Waals surface area contributed by atoms with Crippen molar-refractivity contribution in [1.29, 1.82) is 5.26 Å². The third kappa shape index (κ3) is 2.81. The van der Waals surface area contributed by atoms with Crippen LogP contribution in [0.25, 0.3) is 0 Å². The number of aromatic nitrogens is 1. The third-order valence-corrected chi connectivity index (χ3v) is 4.01. The maximum atomic E-state index is 11.5. The number of aliphatic carboxylic acids is 1. The van der Waals surface area contributed by atoms with E-state index in [4.69, 9.17) is 5.26 Å². The Bertz CT molecular complexity index is 538. The molecule has 2 heterocycles. The van der Waals surface area contributed by atoms with Crippen molar-refractivity contribution >= 4 is 5.97 Å². The van der Waals surface area contributed by atoms with E-state index in [1.165, 1.54) is 0 Å². The average molecular weight is 273 g/mol. The lowest BCUT2D eigenvalue weighted by molar-refractivity contribution is -0.148. The van der Waals surface area contributed by atoms with Crippen LogP contribution in [0.3, 0.4) is 0 Å². The first kappa shape index (κ1) is 14.5. The molecule has 5 heteroatoms. The average Bonchev–Trinajstić information content (AvgIpc) is 2.84. The molecule has 106 valence electrons. The molecule has 1 atom stereocenters. The van der Waals surface area contributed by atoms with E-state index in [0.29, 0.717) is 31.6 Å². The fraction of sp³-hybridized carbons (Fsp3) is 0.533. The monoisotopic (exact) mass is 273 g/mol. The summed E-state index contributed by atoms with van der Waals surface area (Å²) < 4.78 is 0. The van der Waals surface area contributed by atoms with Crippen molar-refractivity contribution in [3.05, 3.63) is 29.6 Å². The molecule has 2 rings (SSSR count). The summed E-state index contributed by atoms with van der Waals surface area (Å²) in [6.45, 7) is 3.92. The van der Waals surface area contributed by atoms with Gasteiger partial charge in [-0.3, -0.25) is 9.69 Å². The second-order valence-electron chi connectivity index (χ2n) is 5.42. The Morgan fingerprint density at radius 3 is 3.10 bits per heavy atom. The maximum Gasteiger partial charge on any atom is 0.310 e. The Hall–Kier alpha value is -1.93. The highest BCUT2D eigenvalue weighted by molar-refractivity contribution is 5.75. The number of carbonyl (C=O) groups is 1. The van der Waals surface area contributed by atoms with Gasteiger partial charge in [-0.1, -0.05) is 19.4 Å². The highest BCUT2D eigenvalue weighted by atomic mass is 16.4. The van der Waals surface area contributed by atoms with Gasteiger partial charge in [-0.05, 0) is 25.5 Å². The minimum Gasteiger partial charge on any atom is -0.481 e. The standard InChI is InChI=1S/C15H19N3O2/c1-2-5-15(14(19)20)6-8-18(11-15)10-12-4-3-7-17-13(12)9-16/h3-4,7H,2,5-6,8,10-11H2,1H3,(H,19,20). The molecule has 1 aliphatic heterocycles. The Labute approximate surface area is 118 Å². The van der Waals surface area contributed by atoms with Crippen molar-refractivity contribution in [2.24, 2.45) is 5.41 Å². The van der Waals surface area contributed by atoms with Crippen molar-refractivity contribution in [1.82, 2.24) is 9.88 Å². The maximum absolute atomic E-state index is 11.5. The molecule has 0 amide bonds. The molecule has 1 fully saturated rings. The molecule has 0 aliphatic carbocycles. The van der Waals surface area contributed by atoms with Gasteiger partial charge in [0.05, 0.1) is 5.41 Å². The molecule has 0 aromatic carbocycles. The largest absolute Gasteiger partial charge is 0.481 e. The summed E-state index contributed by atoms with van der Waals surface area (Å²) in [7, 11) is 0. The summed E-state index contributed by atoms with van der Waals surface area (Å²) in [4.78, 5) is 17.7. The third-order valence-electron chi connectivity index (χ3n) is 4.01. The van der Waals surface area contributed by atoms with Crippen LogP contribution in [0.1, 0.15) is 37.4 Å². The van der Waals surface area contributed by atoms with Crippen LogP contribution in [-0.4, -0.2) is 34.0 Å². The van der Waals surface area contributed by atoms with E-state index in [1.807, 2.05) is 19.1 Å². The molecule has 1 unspecified atom stereocenters. The lowest BCUT2D eigenvalue weighted by Crippen LogP contribution is -2.34. The highest BCUT2D eigenvalue weighted by Crippen LogP contribution is 2.36. The fourth-order valence-corrected chi connectivity index (χ4v) is 2.97. The van der Waals surface area contributed by atoms with E-state index >= 15 is 0 Å². The van der Waals surface area contributed by atoms with Gasteiger partial charge in [-0.2, -0.15) is 5.26 Å². The van der Waals surface area contributed by atoms with Gasteiger partial charge in [-0.15, -0.1) is 0 Å². The second-order valence-corrected chi connectivity index (χ2v) is 5.42. The molecule has 0 radical (unpaired) electrons. The molecule has 0 spiro atoms. The van der Waals surface area contributed by atoms with Gasteiger partial charge in [-0.25, -0.2) is 4.98 Å². The zero-order valence-electron chi connectivity index (χ0n) is 11.7. The number of carboxylic acid groups (broad SMARTS) is 1. The summed E-state index contributed by atoms with van der Waals surface area (Å²) >= 11 is 0. The Balaban J connectivity index is 2.10. The van der Waals surface area contributed by atoms with Crippen molar-refractivity contribution in [2.45, 2.75) is 32.7 Å². The number of carboxylic acids is 1. The first-order valence-corrected chi connectivity index (χ1v) is 6.91. The van der Waals surface area contributed by atoms with Crippen molar-refractivity contribution < 1.29 is 9.90 Å². The number of likely N-dealkylation sites (tertiary alicyclic amines) is 1. The molecular weight excluding hydrogens is 254 g/mol. The van der Waals surface area contributed by atoms with E-state index in [1.54, 1.807) is 6.20 Å². The number of nitrogens with zero attached hydrogens (tertiary/aromatic N) is 3. The molecular formula is C15H19N3O2. The summed E-state index contributed by atoms with van der Waals surface area (Å²) in [5.74, 6) is -0.700. The molecule has 20 heavy (non-hydrogen) atoms. The number of hydrogen-bond acceptors (Lipinski definition) is 4. The Morgan fingerprint density at radius 1 is 1.65 bits per heavy atom. The van der Waals surface area contributed by atoms with E-state index in [-0.39, 0.29) is 0 Å². The highest BCUT2D eigenvalue weighted by Gasteiger charge is 2.43. The van der Waals surface area contributed by atoms with Crippen LogP contribution in [-0.2, 0) is 11.3 Å². The van der Waals surface area contributed by atoms with Crippen LogP contribution in [0.5, 0.6) is 0 Å². The lowest BCUT2D eigenvalue weighted by atomic mass is 9.83. The van der Waals surface area contributed by atoms with Gasteiger partial charge in [0.2, 0.25) is 0 Å². The summed E-state index contributed by atoms with van der Waals surface area (Å²) in [5, 5.41) is 18.5. The smallest absolute Gasteiger partial charge is 0.310 e. The zero-order valence-corrected chi connectivity index (χ0v) is 11.7. The van der Waals surface area contributed by atoms with Crippen LogP contribution < -0.4 is 0 Å². The molecule has 1 aliphatic rings. The Kier molecular flexibility index (Phi) is 4.35. The molecule has 1 saturated heterocycles. The lowest BCUT2D eigenvalue weighted by Gasteiger charge is -2.24. The van der Waals surface area contributed by atoms with Crippen molar-refractivity contribution in [2.75, 3.05) is 13.1 Å². The fourth-order valence-electron chi connectivity index (χ4n) is 2.97. The summed E-state index contributed by atoms with van der Waals surface area (Å²) in [6.07, 6.45) is 3.86. The minimum atomic E-state index is -0.700. The van der Waals surface area contributed by atoms with Crippen LogP contribution in [0.2, 0.25) is 0 Å². The minimum absolute atomic E-state index is 0.427. The molecule has 5 nitrogen and oxygen atoms in total. The van der Waals surface area contributed by atoms with Gasteiger partial charge in [0.15, 0.2) is 0 Å². The van der Waals surface area contributed by atoms with Gasteiger partial charge in [0.1, 0.15) is 11.8 Å². The van der Waals surface area contributed by atoms with Gasteiger partial charge in [0.25, 0.3) is 0 Å². The quantitative estimate of drug-likeness (QED) is 0.888. The normalized spacial score (nSPS) is 22.6. The van der Waals surface area contributed by atoms with Gasteiger partial charge >= 0.3 is 5.97 Å². The van der Waals surface area contributed by atoms with Gasteiger partial charge in [0, 0.05) is 24.8 Å². The zero-order chi connectivity index (χ0) is 14.6. The second kappa shape index (κ2) is 6.02. The Morgan fingerprint density at radius 2 is 2.45 bits per heavy atom. The number of hydrogen-bond donors (Lipinski definition) is 1. The SMILES string of the molecule is CCCC1(C(=O)O)CCN(Cc2cccnc2C#N)C1. The van der Waals surface area contributed by atoms with E-state index in [2.05, 4.69) is 16.0 Å². The van der Waals surface area contributed by atoms with E-state index < -0.39 is 11.4 Å². The number of nitriles is 1. The summed E-state index contributed by atoms with van der Waals surface area (Å²) in [5.41, 5.74) is 0.674. The molecule has 0 bridgehead atoms. The van der Waals surface area contributed by atoms with Crippen LogP contribution in [0.15, 0.2) is 18.3 Å². The van der Waals surface area contributed by atoms with Gasteiger partial charge < -0.3 is 5.11 Å². The topological polar surface area (TPSA) is 77.2 Å². The molecule has 1 N–H and O–H groups in total. The van der Waals surface area contributed by atoms with E-state index in [0.717, 1.165) is 18.5 Å². The number of pyridine rings is 1. The van der Waals surface area contributed by atoms with Crippen molar-refractivity contribution in [3.8, 4) is 6.07 Å². The summed E-state index contributed by atoms with van der Waals surface area (Å²) in [6, 6.07) is 5.77. The van der Waals surface area contributed by atoms with Crippen LogP contribution >= 0.6 is 0 Å².